The molecule has 0 bridgehead atoms. The van der Waals surface area contributed by atoms with Gasteiger partial charge in [-0.25, -0.2) is 0 Å². The summed E-state index contributed by atoms with van der Waals surface area (Å²) in [5.74, 6) is -0.290. The number of rotatable bonds is 8. The van der Waals surface area contributed by atoms with Gasteiger partial charge in [0.05, 0.1) is 25.3 Å². The summed E-state index contributed by atoms with van der Waals surface area (Å²) in [5, 5.41) is 6.21. The number of carbonyl (C=O) groups is 4. The third-order valence-electron chi connectivity index (χ3n) is 7.64. The van der Waals surface area contributed by atoms with E-state index in [2.05, 4.69) is 24.5 Å². The van der Waals surface area contributed by atoms with Gasteiger partial charge < -0.3 is 29.8 Å². The van der Waals surface area contributed by atoms with E-state index in [4.69, 9.17) is 4.42 Å². The molecule has 3 atom stereocenters. The van der Waals surface area contributed by atoms with Crippen molar-refractivity contribution in [3.8, 4) is 0 Å². The molecule has 1 unspecified atom stereocenters. The minimum absolute atomic E-state index is 0.0409. The second kappa shape index (κ2) is 12.1. The van der Waals surface area contributed by atoms with Crippen molar-refractivity contribution >= 4 is 23.6 Å². The molecule has 0 radical (unpaired) electrons. The number of amides is 4. The van der Waals surface area contributed by atoms with Crippen LogP contribution in [0, 0.1) is 17.8 Å². The number of piperidine rings is 1. The molecule has 3 aliphatic heterocycles. The van der Waals surface area contributed by atoms with Gasteiger partial charge in [0.1, 0.15) is 12.2 Å². The number of furan rings is 1. The highest BCUT2D eigenvalue weighted by Crippen LogP contribution is 2.29. The van der Waals surface area contributed by atoms with Crippen molar-refractivity contribution in [2.45, 2.75) is 65.1 Å². The predicted octanol–water partition coefficient (Wildman–Crippen LogP) is 1.68. The first-order chi connectivity index (χ1) is 17.8. The molecule has 2 N–H and O–H groups in total. The number of nitrogens with zero attached hydrogens (tertiary/aromatic N) is 3. The number of hydrogen-bond acceptors (Lipinski definition) is 6. The highest BCUT2D eigenvalue weighted by molar-refractivity contribution is 5.95. The molecule has 3 fully saturated rings. The SMILES string of the molecule is CCCC(=O)N[C@H]1CN(C(=O)c2ccco2)C2CN(CC3CCNCC3)C(=O)[C@H](CC(C)C)CN2C1=O. The summed E-state index contributed by atoms with van der Waals surface area (Å²) in [6.45, 7) is 9.05. The van der Waals surface area contributed by atoms with Gasteiger partial charge in [-0.05, 0) is 62.7 Å². The fraction of sp³-hybridized carbons (Fsp3) is 0.704. The maximum Gasteiger partial charge on any atom is 0.291 e. The third-order valence-corrected chi connectivity index (χ3v) is 7.64. The second-order valence-corrected chi connectivity index (χ2v) is 11.0. The van der Waals surface area contributed by atoms with Gasteiger partial charge in [-0.15, -0.1) is 0 Å². The minimum atomic E-state index is -0.861. The normalized spacial score (nSPS) is 25.3. The lowest BCUT2D eigenvalue weighted by Gasteiger charge is -2.46. The Kier molecular flexibility index (Phi) is 8.89. The molecule has 0 saturated carbocycles. The van der Waals surface area contributed by atoms with Crippen molar-refractivity contribution in [3.05, 3.63) is 24.2 Å². The van der Waals surface area contributed by atoms with Gasteiger partial charge in [0.15, 0.2) is 5.76 Å². The fourth-order valence-electron chi connectivity index (χ4n) is 5.83. The summed E-state index contributed by atoms with van der Waals surface area (Å²) in [4.78, 5) is 58.8. The van der Waals surface area contributed by atoms with Crippen molar-refractivity contribution in [2.24, 2.45) is 17.8 Å². The van der Waals surface area contributed by atoms with Gasteiger partial charge in [-0.2, -0.15) is 0 Å². The van der Waals surface area contributed by atoms with Gasteiger partial charge in [0.2, 0.25) is 17.7 Å². The zero-order valence-corrected chi connectivity index (χ0v) is 22.3. The highest BCUT2D eigenvalue weighted by Gasteiger charge is 2.48. The van der Waals surface area contributed by atoms with E-state index in [0.717, 1.165) is 25.9 Å². The number of hydrogen-bond donors (Lipinski definition) is 2. The van der Waals surface area contributed by atoms with Crippen LogP contribution in [-0.4, -0.2) is 89.8 Å². The number of fused-ring (bicyclic) bond motifs is 1. The van der Waals surface area contributed by atoms with Gasteiger partial charge in [0, 0.05) is 19.5 Å². The van der Waals surface area contributed by atoms with E-state index in [0.29, 0.717) is 31.7 Å². The Morgan fingerprint density at radius 1 is 1.14 bits per heavy atom. The number of nitrogens with one attached hydrogen (secondary N) is 2. The third kappa shape index (κ3) is 6.34. The molecular formula is C27H41N5O5. The summed E-state index contributed by atoms with van der Waals surface area (Å²) >= 11 is 0. The zero-order chi connectivity index (χ0) is 26.5. The molecule has 3 aliphatic rings. The van der Waals surface area contributed by atoms with Crippen LogP contribution in [0.25, 0.3) is 0 Å². The molecule has 3 saturated heterocycles. The van der Waals surface area contributed by atoms with E-state index in [1.807, 2.05) is 11.8 Å². The lowest BCUT2D eigenvalue weighted by atomic mass is 9.93. The molecule has 0 aliphatic carbocycles. The van der Waals surface area contributed by atoms with Crippen LogP contribution >= 0.6 is 0 Å². The van der Waals surface area contributed by atoms with Crippen molar-refractivity contribution in [1.29, 1.82) is 0 Å². The van der Waals surface area contributed by atoms with Crippen LogP contribution in [-0.2, 0) is 14.4 Å². The quantitative estimate of drug-likeness (QED) is 0.544. The topological polar surface area (TPSA) is 115 Å². The molecule has 1 aromatic rings. The minimum Gasteiger partial charge on any atom is -0.459 e. The molecule has 0 spiro atoms. The lowest BCUT2D eigenvalue weighted by Crippen LogP contribution is -2.68. The summed E-state index contributed by atoms with van der Waals surface area (Å²) in [6.07, 6.45) is 4.42. The van der Waals surface area contributed by atoms with Gasteiger partial charge in [-0.1, -0.05) is 20.8 Å². The monoisotopic (exact) mass is 515 g/mol. The molecular weight excluding hydrogens is 474 g/mol. The van der Waals surface area contributed by atoms with Crippen LogP contribution < -0.4 is 10.6 Å². The van der Waals surface area contributed by atoms with Crippen LogP contribution in [0.15, 0.2) is 22.8 Å². The van der Waals surface area contributed by atoms with Crippen molar-refractivity contribution in [2.75, 3.05) is 39.3 Å². The summed E-state index contributed by atoms with van der Waals surface area (Å²) in [7, 11) is 0. The van der Waals surface area contributed by atoms with Crippen LogP contribution in [0.4, 0.5) is 0 Å². The van der Waals surface area contributed by atoms with Crippen molar-refractivity contribution in [1.82, 2.24) is 25.3 Å². The summed E-state index contributed by atoms with van der Waals surface area (Å²) in [6, 6.07) is 2.39. The maximum atomic E-state index is 13.8. The standard InChI is InChI=1S/C27H41N5O5/c1-4-6-23(33)29-21-16-32(27(36)22-7-5-12-37-22)24-17-30(14-19-8-10-28-11-9-19)25(34)20(13-18(2)3)15-31(24)26(21)35/h5,7,12,18-21,24,28H,4,6,8-11,13-17H2,1-3H3,(H,29,33)/t20-,21+,24?/m1/s1. The average molecular weight is 516 g/mol. The van der Waals surface area contributed by atoms with Gasteiger partial charge >= 0.3 is 0 Å². The first-order valence-electron chi connectivity index (χ1n) is 13.7. The number of carbonyl (C=O) groups excluding carboxylic acids is 4. The zero-order valence-electron chi connectivity index (χ0n) is 22.3. The Balaban J connectivity index is 1.67. The summed E-state index contributed by atoms with van der Waals surface area (Å²) < 4.78 is 5.41. The van der Waals surface area contributed by atoms with E-state index >= 15 is 0 Å². The van der Waals surface area contributed by atoms with E-state index in [-0.39, 0.29) is 60.9 Å². The largest absolute Gasteiger partial charge is 0.459 e. The molecule has 10 nitrogen and oxygen atoms in total. The van der Waals surface area contributed by atoms with Crippen LogP contribution in [0.2, 0.25) is 0 Å². The Morgan fingerprint density at radius 2 is 1.89 bits per heavy atom. The van der Waals surface area contributed by atoms with Crippen LogP contribution in [0.3, 0.4) is 0 Å². The molecule has 37 heavy (non-hydrogen) atoms. The molecule has 4 amide bonds. The van der Waals surface area contributed by atoms with E-state index in [1.165, 1.54) is 6.26 Å². The molecule has 1 aromatic heterocycles. The fourth-order valence-corrected chi connectivity index (χ4v) is 5.83. The van der Waals surface area contributed by atoms with Crippen molar-refractivity contribution < 1.29 is 23.6 Å². The molecule has 4 heterocycles. The highest BCUT2D eigenvalue weighted by atomic mass is 16.3. The molecule has 4 rings (SSSR count). The lowest BCUT2D eigenvalue weighted by molar-refractivity contribution is -0.148. The predicted molar refractivity (Wildman–Crippen MR) is 137 cm³/mol. The smallest absolute Gasteiger partial charge is 0.291 e. The van der Waals surface area contributed by atoms with E-state index in [9.17, 15) is 19.2 Å². The van der Waals surface area contributed by atoms with Gasteiger partial charge in [0.25, 0.3) is 5.91 Å². The van der Waals surface area contributed by atoms with Crippen molar-refractivity contribution in [3.63, 3.8) is 0 Å². The Morgan fingerprint density at radius 3 is 2.54 bits per heavy atom. The molecule has 0 aromatic carbocycles. The van der Waals surface area contributed by atoms with Gasteiger partial charge in [-0.3, -0.25) is 19.2 Å². The van der Waals surface area contributed by atoms with E-state index < -0.39 is 12.2 Å². The van der Waals surface area contributed by atoms with Crippen LogP contribution in [0.1, 0.15) is 63.4 Å². The Hall–Kier alpha value is -2.88. The Bertz CT molecular complexity index is 958. The first-order valence-corrected chi connectivity index (χ1v) is 13.7. The average Bonchev–Trinajstić information content (AvgIpc) is 3.37. The second-order valence-electron chi connectivity index (χ2n) is 11.0. The molecule has 204 valence electrons. The summed E-state index contributed by atoms with van der Waals surface area (Å²) in [5.41, 5.74) is 0. The van der Waals surface area contributed by atoms with E-state index in [1.54, 1.807) is 21.9 Å². The first kappa shape index (κ1) is 27.2. The Labute approximate surface area is 219 Å². The molecule has 10 heteroatoms. The maximum absolute atomic E-state index is 13.8. The van der Waals surface area contributed by atoms with Crippen LogP contribution in [0.5, 0.6) is 0 Å².